The molecule has 1 saturated heterocycles. The molecule has 0 amide bonds. The molecule has 0 bridgehead atoms. The van der Waals surface area contributed by atoms with Crippen molar-refractivity contribution < 1.29 is 4.74 Å². The first-order valence-electron chi connectivity index (χ1n) is 3.94. The number of hydrogen-bond acceptors (Lipinski definition) is 2. The second-order valence-electron chi connectivity index (χ2n) is 3.70. The van der Waals surface area contributed by atoms with E-state index in [4.69, 9.17) is 22.7 Å². The van der Waals surface area contributed by atoms with E-state index in [-0.39, 0.29) is 5.60 Å². The normalized spacial score (nSPS) is 29.8. The Morgan fingerprint density at radius 2 is 2.27 bits per heavy atom. The van der Waals surface area contributed by atoms with E-state index in [1.807, 2.05) is 0 Å². The Labute approximate surface area is 73.1 Å². The first-order valence-corrected chi connectivity index (χ1v) is 4.35. The molecule has 0 unspecified atom stereocenters. The minimum Gasteiger partial charge on any atom is -0.393 e. The van der Waals surface area contributed by atoms with Gasteiger partial charge in [0.05, 0.1) is 10.6 Å². The molecule has 11 heavy (non-hydrogen) atoms. The summed E-state index contributed by atoms with van der Waals surface area (Å²) in [6.45, 7) is 4.95. The third-order valence-corrected chi connectivity index (χ3v) is 2.43. The highest BCUT2D eigenvalue weighted by molar-refractivity contribution is 7.80. The summed E-state index contributed by atoms with van der Waals surface area (Å²) in [7, 11) is 0. The molecular formula is C8H15NOS. The molecule has 0 aromatic rings. The third-order valence-electron chi connectivity index (χ3n) is 2.10. The van der Waals surface area contributed by atoms with Crippen molar-refractivity contribution in [3.05, 3.63) is 0 Å². The zero-order valence-corrected chi connectivity index (χ0v) is 7.91. The Morgan fingerprint density at radius 1 is 1.64 bits per heavy atom. The molecule has 0 aromatic carbocycles. The molecule has 0 aliphatic carbocycles. The van der Waals surface area contributed by atoms with Crippen LogP contribution >= 0.6 is 12.2 Å². The fourth-order valence-electron chi connectivity index (χ4n) is 1.47. The van der Waals surface area contributed by atoms with E-state index in [1.165, 1.54) is 0 Å². The van der Waals surface area contributed by atoms with Gasteiger partial charge < -0.3 is 10.5 Å². The van der Waals surface area contributed by atoms with E-state index >= 15 is 0 Å². The van der Waals surface area contributed by atoms with Crippen LogP contribution in [0.4, 0.5) is 0 Å². The minimum atomic E-state index is -0.0354. The van der Waals surface area contributed by atoms with Crippen LogP contribution in [0.1, 0.15) is 26.7 Å². The van der Waals surface area contributed by atoms with Crippen LogP contribution in [0.3, 0.4) is 0 Å². The molecular weight excluding hydrogens is 158 g/mol. The Hall–Kier alpha value is -0.150. The topological polar surface area (TPSA) is 35.2 Å². The largest absolute Gasteiger partial charge is 0.393 e. The summed E-state index contributed by atoms with van der Waals surface area (Å²) in [5.74, 6) is 0.383. The van der Waals surface area contributed by atoms with Crippen LogP contribution < -0.4 is 5.73 Å². The minimum absolute atomic E-state index is 0.0354. The number of ether oxygens (including phenoxy) is 1. The fourth-order valence-corrected chi connectivity index (χ4v) is 1.68. The summed E-state index contributed by atoms with van der Waals surface area (Å²) in [4.78, 5) is 0.640. The van der Waals surface area contributed by atoms with Gasteiger partial charge in [0, 0.05) is 12.5 Å². The summed E-state index contributed by atoms with van der Waals surface area (Å²) < 4.78 is 5.53. The van der Waals surface area contributed by atoms with Gasteiger partial charge in [0.15, 0.2) is 0 Å². The fraction of sp³-hybridized carbons (Fsp3) is 0.875. The molecule has 1 heterocycles. The van der Waals surface area contributed by atoms with Crippen LogP contribution in [0.5, 0.6) is 0 Å². The lowest BCUT2D eigenvalue weighted by Gasteiger charge is -2.34. The highest BCUT2D eigenvalue weighted by atomic mass is 32.1. The van der Waals surface area contributed by atoms with Crippen LogP contribution in [0.15, 0.2) is 0 Å². The highest BCUT2D eigenvalue weighted by Gasteiger charge is 2.29. The van der Waals surface area contributed by atoms with Gasteiger partial charge in [-0.25, -0.2) is 0 Å². The maximum Gasteiger partial charge on any atom is 0.0760 e. The summed E-state index contributed by atoms with van der Waals surface area (Å²) >= 11 is 4.94. The van der Waals surface area contributed by atoms with Crippen molar-refractivity contribution in [2.75, 3.05) is 6.61 Å². The van der Waals surface area contributed by atoms with E-state index in [1.54, 1.807) is 0 Å². The Bertz CT molecular complexity index is 167. The van der Waals surface area contributed by atoms with E-state index in [9.17, 15) is 0 Å². The maximum atomic E-state index is 5.56. The Morgan fingerprint density at radius 3 is 2.64 bits per heavy atom. The molecule has 0 saturated carbocycles. The summed E-state index contributed by atoms with van der Waals surface area (Å²) in [5, 5.41) is 0. The van der Waals surface area contributed by atoms with E-state index in [0.717, 1.165) is 19.4 Å². The molecule has 2 N–H and O–H groups in total. The highest BCUT2D eigenvalue weighted by Crippen LogP contribution is 2.28. The van der Waals surface area contributed by atoms with Gasteiger partial charge in [0.1, 0.15) is 0 Å². The molecule has 0 aromatic heterocycles. The lowest BCUT2D eigenvalue weighted by molar-refractivity contribution is -0.0613. The van der Waals surface area contributed by atoms with Gasteiger partial charge in [0.25, 0.3) is 0 Å². The molecule has 3 heteroatoms. The number of hydrogen-bond donors (Lipinski definition) is 1. The third kappa shape index (κ3) is 2.42. The van der Waals surface area contributed by atoms with Crippen molar-refractivity contribution in [3.63, 3.8) is 0 Å². The molecule has 0 spiro atoms. The average Bonchev–Trinajstić information content (AvgIpc) is 1.85. The van der Waals surface area contributed by atoms with Gasteiger partial charge in [0.2, 0.25) is 0 Å². The average molecular weight is 173 g/mol. The number of nitrogens with two attached hydrogens (primary N) is 1. The second kappa shape index (κ2) is 3.07. The first-order chi connectivity index (χ1) is 5.01. The van der Waals surface area contributed by atoms with Gasteiger partial charge >= 0.3 is 0 Å². The molecule has 1 fully saturated rings. The van der Waals surface area contributed by atoms with Gasteiger partial charge in [-0.3, -0.25) is 0 Å². The van der Waals surface area contributed by atoms with Crippen molar-refractivity contribution in [3.8, 4) is 0 Å². The smallest absolute Gasteiger partial charge is 0.0760 e. The maximum absolute atomic E-state index is 5.56. The zero-order valence-electron chi connectivity index (χ0n) is 7.09. The zero-order chi connectivity index (χ0) is 8.48. The van der Waals surface area contributed by atoms with Crippen molar-refractivity contribution in [2.45, 2.75) is 32.3 Å². The summed E-state index contributed by atoms with van der Waals surface area (Å²) in [6, 6.07) is 0. The number of rotatable bonds is 1. The Kier molecular flexibility index (Phi) is 2.50. The standard InChI is InChI=1S/C8H15NOS/c1-8(2)5-6(7(9)11)3-4-10-8/h6H,3-5H2,1-2H3,(H2,9,11)/t6-/m1/s1. The quantitative estimate of drug-likeness (QED) is 0.610. The predicted octanol–water partition coefficient (Wildman–Crippen LogP) is 1.48. The molecule has 2 nitrogen and oxygen atoms in total. The van der Waals surface area contributed by atoms with Crippen LogP contribution in [0.2, 0.25) is 0 Å². The van der Waals surface area contributed by atoms with E-state index < -0.39 is 0 Å². The van der Waals surface area contributed by atoms with Crippen LogP contribution in [-0.2, 0) is 4.74 Å². The van der Waals surface area contributed by atoms with Crippen LogP contribution in [0.25, 0.3) is 0 Å². The van der Waals surface area contributed by atoms with Gasteiger partial charge in [-0.1, -0.05) is 12.2 Å². The SMILES string of the molecule is CC1(C)C[C@H](C(N)=S)CCO1. The van der Waals surface area contributed by atoms with Crippen LogP contribution in [-0.4, -0.2) is 17.2 Å². The van der Waals surface area contributed by atoms with Crippen molar-refractivity contribution in [2.24, 2.45) is 11.7 Å². The van der Waals surface area contributed by atoms with Crippen molar-refractivity contribution in [1.29, 1.82) is 0 Å². The second-order valence-corrected chi connectivity index (χ2v) is 4.17. The molecule has 1 rings (SSSR count). The Balaban J connectivity index is 2.53. The predicted molar refractivity (Wildman–Crippen MR) is 49.5 cm³/mol. The van der Waals surface area contributed by atoms with Crippen molar-refractivity contribution >= 4 is 17.2 Å². The lowest BCUT2D eigenvalue weighted by atomic mass is 9.88. The molecule has 64 valence electrons. The lowest BCUT2D eigenvalue weighted by Crippen LogP contribution is -2.38. The first kappa shape index (κ1) is 8.94. The molecule has 0 radical (unpaired) electrons. The molecule has 1 aliphatic rings. The van der Waals surface area contributed by atoms with Gasteiger partial charge in [-0.2, -0.15) is 0 Å². The number of thiocarbonyl (C=S) groups is 1. The molecule has 1 aliphatic heterocycles. The molecule has 1 atom stereocenters. The summed E-state index contributed by atoms with van der Waals surface area (Å²) in [5.41, 5.74) is 5.53. The monoisotopic (exact) mass is 173 g/mol. The van der Waals surface area contributed by atoms with Gasteiger partial charge in [-0.15, -0.1) is 0 Å². The van der Waals surface area contributed by atoms with Crippen LogP contribution in [0, 0.1) is 5.92 Å². The van der Waals surface area contributed by atoms with Gasteiger partial charge in [-0.05, 0) is 26.7 Å². The van der Waals surface area contributed by atoms with E-state index in [2.05, 4.69) is 13.8 Å². The summed E-state index contributed by atoms with van der Waals surface area (Å²) in [6.07, 6.45) is 1.95. The van der Waals surface area contributed by atoms with E-state index in [0.29, 0.717) is 10.9 Å². The van der Waals surface area contributed by atoms with Crippen molar-refractivity contribution in [1.82, 2.24) is 0 Å².